The Morgan fingerprint density at radius 2 is 1.66 bits per heavy atom. The number of benzene rings is 2. The van der Waals surface area contributed by atoms with E-state index in [9.17, 15) is 28.3 Å². The molecule has 2 N–H and O–H groups in total. The summed E-state index contributed by atoms with van der Waals surface area (Å²) >= 11 is 0. The van der Waals surface area contributed by atoms with Gasteiger partial charge in [0.05, 0.1) is 12.5 Å². The monoisotopic (exact) mass is 484 g/mol. The van der Waals surface area contributed by atoms with Crippen molar-refractivity contribution in [1.29, 1.82) is 0 Å². The number of ether oxygens (including phenoxy) is 1. The van der Waals surface area contributed by atoms with Gasteiger partial charge < -0.3 is 20.1 Å². The summed E-state index contributed by atoms with van der Waals surface area (Å²) in [4.78, 5) is 37.9. The van der Waals surface area contributed by atoms with Gasteiger partial charge in [-0.15, -0.1) is 0 Å². The third kappa shape index (κ3) is 4.35. The predicted octanol–water partition coefficient (Wildman–Crippen LogP) is 4.01. The smallest absolute Gasteiger partial charge is 0.407 e. The molecule has 1 saturated carbocycles. The molecule has 0 radical (unpaired) electrons. The molecular weight excluding hydrogens is 458 g/mol. The SMILES string of the molecule is O=C(N[C@H]1CCC[C@H]1C(=O)N1CC(F)(F)C[C@@H]1C(=O)O)OCC1c2ccccc2-c2ccccc21. The van der Waals surface area contributed by atoms with Gasteiger partial charge in [-0.3, -0.25) is 4.79 Å². The molecule has 2 amide bonds. The molecule has 2 aliphatic carbocycles. The molecule has 0 spiro atoms. The lowest BCUT2D eigenvalue weighted by molar-refractivity contribution is -0.150. The van der Waals surface area contributed by atoms with Crippen LogP contribution in [0.25, 0.3) is 11.1 Å². The van der Waals surface area contributed by atoms with Gasteiger partial charge in [0, 0.05) is 18.4 Å². The van der Waals surface area contributed by atoms with E-state index in [2.05, 4.69) is 5.32 Å². The highest BCUT2D eigenvalue weighted by molar-refractivity contribution is 5.87. The summed E-state index contributed by atoms with van der Waals surface area (Å²) < 4.78 is 33.3. The van der Waals surface area contributed by atoms with Crippen LogP contribution in [0.3, 0.4) is 0 Å². The van der Waals surface area contributed by atoms with Gasteiger partial charge in [0.15, 0.2) is 0 Å². The first-order chi connectivity index (χ1) is 16.7. The molecule has 3 atom stereocenters. The summed E-state index contributed by atoms with van der Waals surface area (Å²) in [5.74, 6) is -6.22. The molecule has 1 saturated heterocycles. The molecule has 5 rings (SSSR count). The van der Waals surface area contributed by atoms with Crippen LogP contribution < -0.4 is 5.32 Å². The maximum Gasteiger partial charge on any atom is 0.407 e. The fourth-order valence-corrected chi connectivity index (χ4v) is 5.70. The van der Waals surface area contributed by atoms with Crippen LogP contribution in [0.15, 0.2) is 48.5 Å². The van der Waals surface area contributed by atoms with E-state index in [1.54, 1.807) is 0 Å². The van der Waals surface area contributed by atoms with Crippen molar-refractivity contribution < 1.29 is 33.0 Å². The number of alkyl halides is 2. The number of nitrogens with one attached hydrogen (secondary N) is 1. The molecule has 9 heteroatoms. The number of carboxylic acid groups (broad SMARTS) is 1. The minimum atomic E-state index is -3.24. The Labute approximate surface area is 201 Å². The molecule has 1 aliphatic heterocycles. The number of halogens is 2. The highest BCUT2D eigenvalue weighted by atomic mass is 19.3. The number of hydrogen-bond donors (Lipinski definition) is 2. The van der Waals surface area contributed by atoms with Crippen LogP contribution >= 0.6 is 0 Å². The Morgan fingerprint density at radius 3 is 2.29 bits per heavy atom. The molecule has 0 bridgehead atoms. The van der Waals surface area contributed by atoms with Gasteiger partial charge in [-0.1, -0.05) is 55.0 Å². The number of alkyl carbamates (subject to hydrolysis) is 1. The second-order valence-electron chi connectivity index (χ2n) is 9.49. The Kier molecular flexibility index (Phi) is 5.94. The van der Waals surface area contributed by atoms with Crippen molar-refractivity contribution in [2.24, 2.45) is 5.92 Å². The summed E-state index contributed by atoms with van der Waals surface area (Å²) in [5, 5.41) is 12.0. The van der Waals surface area contributed by atoms with Crippen LogP contribution in [0.5, 0.6) is 0 Å². The second kappa shape index (κ2) is 8.94. The summed E-state index contributed by atoms with van der Waals surface area (Å²) in [6, 6.07) is 13.8. The van der Waals surface area contributed by atoms with Crippen molar-refractivity contribution in [1.82, 2.24) is 10.2 Å². The lowest BCUT2D eigenvalue weighted by Gasteiger charge is -2.27. The Bertz CT molecular complexity index is 1120. The molecular formula is C26H26F2N2O5. The van der Waals surface area contributed by atoms with Crippen molar-refractivity contribution >= 4 is 18.0 Å². The predicted molar refractivity (Wildman–Crippen MR) is 122 cm³/mol. The molecule has 0 aromatic heterocycles. The highest BCUT2D eigenvalue weighted by Crippen LogP contribution is 2.44. The Balaban J connectivity index is 1.24. The number of amides is 2. The topological polar surface area (TPSA) is 95.9 Å². The number of hydrogen-bond acceptors (Lipinski definition) is 4. The zero-order valence-electron chi connectivity index (χ0n) is 19.0. The van der Waals surface area contributed by atoms with Crippen LogP contribution in [0.2, 0.25) is 0 Å². The van der Waals surface area contributed by atoms with E-state index in [-0.39, 0.29) is 12.5 Å². The third-order valence-electron chi connectivity index (χ3n) is 7.32. The quantitative estimate of drug-likeness (QED) is 0.669. The van der Waals surface area contributed by atoms with Gasteiger partial charge in [0.25, 0.3) is 5.92 Å². The number of rotatable bonds is 5. The number of fused-ring (bicyclic) bond motifs is 3. The molecule has 35 heavy (non-hydrogen) atoms. The summed E-state index contributed by atoms with van der Waals surface area (Å²) in [6.45, 7) is -0.804. The molecule has 3 aliphatic rings. The van der Waals surface area contributed by atoms with Gasteiger partial charge in [0.1, 0.15) is 12.6 Å². The number of carbonyl (C=O) groups excluding carboxylic acids is 2. The minimum absolute atomic E-state index is 0.114. The lowest BCUT2D eigenvalue weighted by atomic mass is 9.98. The van der Waals surface area contributed by atoms with E-state index in [1.165, 1.54) is 0 Å². The Morgan fingerprint density at radius 1 is 1.03 bits per heavy atom. The standard InChI is InChI=1S/C26H26F2N2O5/c27-26(28)12-22(24(32)33)30(14-26)23(31)19-10-5-11-21(19)29-25(34)35-13-20-17-8-3-1-6-15(17)16-7-2-4-9-18(16)20/h1-4,6-9,19-22H,5,10-14H2,(H,29,34)(H,32,33)/t19-,21+,22-/m1/s1. The van der Waals surface area contributed by atoms with Crippen LogP contribution in [-0.2, 0) is 14.3 Å². The summed E-state index contributed by atoms with van der Waals surface area (Å²) in [7, 11) is 0. The van der Waals surface area contributed by atoms with Crippen LogP contribution in [0.4, 0.5) is 13.6 Å². The number of nitrogens with zero attached hydrogens (tertiary/aromatic N) is 1. The van der Waals surface area contributed by atoms with E-state index in [4.69, 9.17) is 4.74 Å². The molecule has 7 nitrogen and oxygen atoms in total. The zero-order chi connectivity index (χ0) is 24.7. The van der Waals surface area contributed by atoms with Crippen molar-refractivity contribution in [2.75, 3.05) is 13.2 Å². The first-order valence-corrected chi connectivity index (χ1v) is 11.8. The molecule has 1 heterocycles. The first-order valence-electron chi connectivity index (χ1n) is 11.8. The largest absolute Gasteiger partial charge is 0.480 e. The molecule has 2 fully saturated rings. The summed E-state index contributed by atoms with van der Waals surface area (Å²) in [6.07, 6.45) is -0.0830. The van der Waals surface area contributed by atoms with Crippen molar-refractivity contribution in [3.8, 4) is 11.1 Å². The molecule has 2 aromatic rings. The van der Waals surface area contributed by atoms with Gasteiger partial charge in [-0.25, -0.2) is 18.4 Å². The molecule has 184 valence electrons. The van der Waals surface area contributed by atoms with E-state index >= 15 is 0 Å². The normalized spacial score (nSPS) is 24.6. The average molecular weight is 484 g/mol. The van der Waals surface area contributed by atoms with Gasteiger partial charge in [-0.2, -0.15) is 0 Å². The van der Waals surface area contributed by atoms with Gasteiger partial charge in [0.2, 0.25) is 5.91 Å². The zero-order valence-corrected chi connectivity index (χ0v) is 19.0. The number of aliphatic carboxylic acids is 1. The third-order valence-corrected chi connectivity index (χ3v) is 7.32. The molecule has 0 unspecified atom stereocenters. The van der Waals surface area contributed by atoms with Crippen molar-refractivity contribution in [3.63, 3.8) is 0 Å². The first kappa shape index (κ1) is 23.3. The van der Waals surface area contributed by atoms with Crippen molar-refractivity contribution in [2.45, 2.75) is 49.6 Å². The minimum Gasteiger partial charge on any atom is -0.480 e. The maximum atomic E-state index is 13.9. The van der Waals surface area contributed by atoms with E-state index < -0.39 is 54.9 Å². The van der Waals surface area contributed by atoms with Crippen LogP contribution in [-0.4, -0.2) is 59.1 Å². The van der Waals surface area contributed by atoms with E-state index in [1.807, 2.05) is 48.5 Å². The lowest BCUT2D eigenvalue weighted by Crippen LogP contribution is -2.49. The van der Waals surface area contributed by atoms with Gasteiger partial charge >= 0.3 is 12.1 Å². The molecule has 2 aromatic carbocycles. The van der Waals surface area contributed by atoms with Crippen LogP contribution in [0.1, 0.15) is 42.7 Å². The van der Waals surface area contributed by atoms with Crippen molar-refractivity contribution in [3.05, 3.63) is 59.7 Å². The van der Waals surface area contributed by atoms with Crippen LogP contribution in [0, 0.1) is 5.92 Å². The van der Waals surface area contributed by atoms with Gasteiger partial charge in [-0.05, 0) is 35.1 Å². The van der Waals surface area contributed by atoms with E-state index in [0.29, 0.717) is 19.3 Å². The summed E-state index contributed by atoms with van der Waals surface area (Å²) in [5.41, 5.74) is 4.36. The maximum absolute atomic E-state index is 13.9. The Hall–Kier alpha value is -3.49. The number of carbonyl (C=O) groups is 3. The highest BCUT2D eigenvalue weighted by Gasteiger charge is 2.52. The fraction of sp³-hybridized carbons (Fsp3) is 0.423. The second-order valence-corrected chi connectivity index (χ2v) is 9.49. The average Bonchev–Trinajstić information content (AvgIpc) is 3.51. The van der Waals surface area contributed by atoms with E-state index in [0.717, 1.165) is 27.2 Å². The number of likely N-dealkylation sites (tertiary alicyclic amines) is 1. The number of carboxylic acids is 1. The fourth-order valence-electron chi connectivity index (χ4n) is 5.70.